The van der Waals surface area contributed by atoms with Gasteiger partial charge in [-0.05, 0) is 18.8 Å². The van der Waals surface area contributed by atoms with Gasteiger partial charge in [-0.25, -0.2) is 0 Å². The van der Waals surface area contributed by atoms with Crippen LogP contribution in [-0.4, -0.2) is 49.1 Å². The third kappa shape index (κ3) is 3.69. The molecule has 5 heteroatoms. The second kappa shape index (κ2) is 6.89. The highest BCUT2D eigenvalue weighted by Gasteiger charge is 2.41. The van der Waals surface area contributed by atoms with Crippen LogP contribution in [0, 0.1) is 5.92 Å². The predicted octanol–water partition coefficient (Wildman–Crippen LogP) is 1.18. The van der Waals surface area contributed by atoms with Crippen molar-refractivity contribution in [2.24, 2.45) is 5.92 Å². The van der Waals surface area contributed by atoms with Gasteiger partial charge in [0.05, 0.1) is 6.61 Å². The molecule has 0 spiro atoms. The summed E-state index contributed by atoms with van der Waals surface area (Å²) < 4.78 is 5.12. The summed E-state index contributed by atoms with van der Waals surface area (Å²) in [7, 11) is 1.66. The number of amides is 2. The van der Waals surface area contributed by atoms with Crippen molar-refractivity contribution < 1.29 is 14.3 Å². The summed E-state index contributed by atoms with van der Waals surface area (Å²) in [6.07, 6.45) is 1.64. The third-order valence-corrected chi connectivity index (χ3v) is 3.87. The van der Waals surface area contributed by atoms with Crippen LogP contribution in [0.15, 0.2) is 0 Å². The molecule has 1 aliphatic heterocycles. The van der Waals surface area contributed by atoms with Crippen LogP contribution in [0.25, 0.3) is 0 Å². The number of methoxy groups -OCH3 is 1. The molecule has 0 aromatic rings. The van der Waals surface area contributed by atoms with E-state index < -0.39 is 5.54 Å². The second-order valence-corrected chi connectivity index (χ2v) is 5.40. The molecule has 1 atom stereocenters. The molecule has 1 saturated heterocycles. The Bertz CT molecular complexity index is 327. The van der Waals surface area contributed by atoms with Crippen LogP contribution < -0.4 is 5.32 Å². The van der Waals surface area contributed by atoms with E-state index in [0.29, 0.717) is 39.0 Å². The summed E-state index contributed by atoms with van der Waals surface area (Å²) in [5, 5.41) is 2.92. The minimum Gasteiger partial charge on any atom is -0.384 e. The Kier molecular flexibility index (Phi) is 5.79. The number of rotatable bonds is 6. The predicted molar refractivity (Wildman–Crippen MR) is 73.7 cm³/mol. The summed E-state index contributed by atoms with van der Waals surface area (Å²) in [5.41, 5.74) is -0.722. The zero-order valence-electron chi connectivity index (χ0n) is 12.5. The lowest BCUT2D eigenvalue weighted by atomic mass is 9.91. The van der Waals surface area contributed by atoms with E-state index in [1.165, 1.54) is 0 Å². The molecule has 0 radical (unpaired) electrons. The highest BCUT2D eigenvalue weighted by Crippen LogP contribution is 2.22. The van der Waals surface area contributed by atoms with Crippen molar-refractivity contribution in [2.75, 3.05) is 26.8 Å². The van der Waals surface area contributed by atoms with Gasteiger partial charge in [0.25, 0.3) is 0 Å². The Balaban J connectivity index is 2.86. The fourth-order valence-corrected chi connectivity index (χ4v) is 2.64. The SMILES string of the molecule is CCC1(CC)NC(=O)CCN(CC(C)COC)C1=O. The first-order valence-electron chi connectivity index (χ1n) is 7.08. The van der Waals surface area contributed by atoms with E-state index in [2.05, 4.69) is 12.2 Å². The Morgan fingerprint density at radius 1 is 1.37 bits per heavy atom. The van der Waals surface area contributed by atoms with E-state index in [9.17, 15) is 9.59 Å². The quantitative estimate of drug-likeness (QED) is 0.788. The molecule has 1 N–H and O–H groups in total. The van der Waals surface area contributed by atoms with Gasteiger partial charge >= 0.3 is 0 Å². The minimum atomic E-state index is -0.722. The molecule has 19 heavy (non-hydrogen) atoms. The highest BCUT2D eigenvalue weighted by atomic mass is 16.5. The molecule has 1 aliphatic rings. The minimum absolute atomic E-state index is 0.0288. The third-order valence-electron chi connectivity index (χ3n) is 3.87. The standard InChI is InChI=1S/C14H26N2O3/c1-5-14(6-2)13(18)16(8-7-12(17)15-14)9-11(3)10-19-4/h11H,5-10H2,1-4H3,(H,15,17). The topological polar surface area (TPSA) is 58.6 Å². The van der Waals surface area contributed by atoms with Crippen LogP contribution in [0.5, 0.6) is 0 Å². The lowest BCUT2D eigenvalue weighted by Crippen LogP contribution is -2.57. The van der Waals surface area contributed by atoms with Crippen molar-refractivity contribution in [3.63, 3.8) is 0 Å². The van der Waals surface area contributed by atoms with Crippen molar-refractivity contribution in [2.45, 2.75) is 45.6 Å². The zero-order valence-corrected chi connectivity index (χ0v) is 12.5. The summed E-state index contributed by atoms with van der Waals surface area (Å²) in [6.45, 7) is 7.71. The fourth-order valence-electron chi connectivity index (χ4n) is 2.64. The Hall–Kier alpha value is -1.10. The van der Waals surface area contributed by atoms with Crippen LogP contribution in [-0.2, 0) is 14.3 Å². The first-order valence-corrected chi connectivity index (χ1v) is 7.08. The molecular formula is C14H26N2O3. The first kappa shape index (κ1) is 16.0. The highest BCUT2D eigenvalue weighted by molar-refractivity contribution is 5.93. The van der Waals surface area contributed by atoms with Crippen molar-refractivity contribution in [1.29, 1.82) is 0 Å². The van der Waals surface area contributed by atoms with Crippen molar-refractivity contribution in [3.8, 4) is 0 Å². The van der Waals surface area contributed by atoms with Gasteiger partial charge < -0.3 is 15.0 Å². The molecule has 1 unspecified atom stereocenters. The molecule has 0 aliphatic carbocycles. The van der Waals surface area contributed by atoms with Crippen molar-refractivity contribution >= 4 is 11.8 Å². The van der Waals surface area contributed by atoms with Gasteiger partial charge in [0, 0.05) is 26.6 Å². The molecule has 0 aromatic carbocycles. The fraction of sp³-hybridized carbons (Fsp3) is 0.857. The monoisotopic (exact) mass is 270 g/mol. The van der Waals surface area contributed by atoms with E-state index in [1.54, 1.807) is 7.11 Å². The van der Waals surface area contributed by atoms with Crippen LogP contribution in [0.3, 0.4) is 0 Å². The molecule has 1 rings (SSSR count). The maximum absolute atomic E-state index is 12.7. The van der Waals surface area contributed by atoms with Crippen LogP contribution >= 0.6 is 0 Å². The van der Waals surface area contributed by atoms with Crippen molar-refractivity contribution in [1.82, 2.24) is 10.2 Å². The normalized spacial score (nSPS) is 20.9. The van der Waals surface area contributed by atoms with Gasteiger partial charge in [0.1, 0.15) is 5.54 Å². The second-order valence-electron chi connectivity index (χ2n) is 5.40. The number of hydrogen-bond acceptors (Lipinski definition) is 3. The molecule has 0 aromatic heterocycles. The number of hydrogen-bond donors (Lipinski definition) is 1. The smallest absolute Gasteiger partial charge is 0.248 e. The van der Waals surface area contributed by atoms with E-state index in [4.69, 9.17) is 4.74 Å². The summed E-state index contributed by atoms with van der Waals surface area (Å²) in [5.74, 6) is 0.291. The van der Waals surface area contributed by atoms with Crippen LogP contribution in [0.1, 0.15) is 40.0 Å². The van der Waals surface area contributed by atoms with Crippen molar-refractivity contribution in [3.05, 3.63) is 0 Å². The van der Waals surface area contributed by atoms with Gasteiger partial charge in [0.2, 0.25) is 11.8 Å². The number of carbonyl (C=O) groups is 2. The van der Waals surface area contributed by atoms with Gasteiger partial charge in [0.15, 0.2) is 0 Å². The molecule has 1 fully saturated rings. The van der Waals surface area contributed by atoms with E-state index >= 15 is 0 Å². The molecule has 0 bridgehead atoms. The zero-order chi connectivity index (χ0) is 14.5. The lowest BCUT2D eigenvalue weighted by molar-refractivity contribution is -0.139. The van der Waals surface area contributed by atoms with Gasteiger partial charge in [-0.3, -0.25) is 9.59 Å². The molecule has 1 heterocycles. The number of nitrogens with one attached hydrogen (secondary N) is 1. The summed E-state index contributed by atoms with van der Waals surface area (Å²) in [6, 6.07) is 0. The molecule has 110 valence electrons. The molecule has 5 nitrogen and oxygen atoms in total. The number of ether oxygens (including phenoxy) is 1. The number of nitrogens with zero attached hydrogens (tertiary/aromatic N) is 1. The van der Waals surface area contributed by atoms with Gasteiger partial charge in [-0.1, -0.05) is 20.8 Å². The largest absolute Gasteiger partial charge is 0.384 e. The Labute approximate surface area is 115 Å². The van der Waals surface area contributed by atoms with E-state index in [-0.39, 0.29) is 17.7 Å². The molecule has 2 amide bonds. The molecular weight excluding hydrogens is 244 g/mol. The van der Waals surface area contributed by atoms with Gasteiger partial charge in [-0.15, -0.1) is 0 Å². The molecule has 0 saturated carbocycles. The average molecular weight is 270 g/mol. The van der Waals surface area contributed by atoms with E-state index in [0.717, 1.165) is 0 Å². The van der Waals surface area contributed by atoms with E-state index in [1.807, 2.05) is 18.7 Å². The van der Waals surface area contributed by atoms with Crippen LogP contribution in [0.4, 0.5) is 0 Å². The maximum Gasteiger partial charge on any atom is 0.248 e. The Morgan fingerprint density at radius 2 is 2.00 bits per heavy atom. The summed E-state index contributed by atoms with van der Waals surface area (Å²) >= 11 is 0. The summed E-state index contributed by atoms with van der Waals surface area (Å²) in [4.78, 5) is 26.3. The lowest BCUT2D eigenvalue weighted by Gasteiger charge is -2.34. The Morgan fingerprint density at radius 3 is 2.53 bits per heavy atom. The van der Waals surface area contributed by atoms with Crippen LogP contribution in [0.2, 0.25) is 0 Å². The first-order chi connectivity index (χ1) is 8.99. The number of carbonyl (C=O) groups excluding carboxylic acids is 2. The maximum atomic E-state index is 12.7. The van der Waals surface area contributed by atoms with Gasteiger partial charge in [-0.2, -0.15) is 0 Å². The average Bonchev–Trinajstić information content (AvgIpc) is 2.50.